The Bertz CT molecular complexity index is 419. The number of nitrogens with zero attached hydrogens (tertiary/aromatic N) is 2. The molecule has 0 spiro atoms. The molecule has 0 aromatic carbocycles. The summed E-state index contributed by atoms with van der Waals surface area (Å²) in [6, 6.07) is 2.59. The molecule has 2 aromatic rings. The minimum atomic E-state index is 0.397. The number of hydrogen-bond donors (Lipinski definition) is 1. The Labute approximate surface area is 100 Å². The van der Waals surface area contributed by atoms with E-state index in [1.54, 1.807) is 11.3 Å². The summed E-state index contributed by atoms with van der Waals surface area (Å²) in [5.41, 5.74) is 2.69. The molecule has 0 saturated heterocycles. The summed E-state index contributed by atoms with van der Waals surface area (Å²) >= 11 is 1.76. The van der Waals surface area contributed by atoms with Crippen LogP contribution in [0.2, 0.25) is 0 Å². The molecule has 2 heterocycles. The van der Waals surface area contributed by atoms with Gasteiger partial charge in [-0.2, -0.15) is 16.4 Å². The molecule has 1 atom stereocenters. The molecule has 2 aromatic heterocycles. The Balaban J connectivity index is 1.96. The molecule has 86 valence electrons. The summed E-state index contributed by atoms with van der Waals surface area (Å²) in [6.45, 7) is 0. The van der Waals surface area contributed by atoms with Crippen LogP contribution in [0, 0.1) is 0 Å². The second-order valence-electron chi connectivity index (χ2n) is 3.96. The summed E-state index contributed by atoms with van der Waals surface area (Å²) in [6.07, 6.45) is 6.24. The van der Waals surface area contributed by atoms with E-state index in [2.05, 4.69) is 33.4 Å². The van der Waals surface area contributed by atoms with Gasteiger partial charge in [0.05, 0.1) is 6.20 Å². The first-order chi connectivity index (χ1) is 7.79. The zero-order valence-electron chi connectivity index (χ0n) is 9.68. The van der Waals surface area contributed by atoms with Gasteiger partial charge in [-0.1, -0.05) is 0 Å². The first-order valence-electron chi connectivity index (χ1n) is 5.46. The van der Waals surface area contributed by atoms with Gasteiger partial charge in [0.2, 0.25) is 0 Å². The zero-order valence-corrected chi connectivity index (χ0v) is 10.5. The molecule has 0 aliphatic rings. The van der Waals surface area contributed by atoms with Gasteiger partial charge < -0.3 is 5.32 Å². The highest BCUT2D eigenvalue weighted by Gasteiger charge is 2.10. The Morgan fingerprint density at radius 3 is 3.00 bits per heavy atom. The number of aryl methyl sites for hydroxylation is 2. The van der Waals surface area contributed by atoms with Crippen LogP contribution in [0.3, 0.4) is 0 Å². The highest BCUT2D eigenvalue weighted by atomic mass is 32.1. The van der Waals surface area contributed by atoms with Gasteiger partial charge in [0.15, 0.2) is 0 Å². The Hall–Kier alpha value is -1.13. The van der Waals surface area contributed by atoms with Crippen molar-refractivity contribution in [1.82, 2.24) is 15.1 Å². The van der Waals surface area contributed by atoms with Crippen LogP contribution in [0.25, 0.3) is 0 Å². The summed E-state index contributed by atoms with van der Waals surface area (Å²) in [5, 5.41) is 11.9. The Morgan fingerprint density at radius 2 is 2.44 bits per heavy atom. The minimum Gasteiger partial charge on any atom is -0.313 e. The van der Waals surface area contributed by atoms with E-state index < -0.39 is 0 Å². The molecule has 16 heavy (non-hydrogen) atoms. The zero-order chi connectivity index (χ0) is 11.4. The molecule has 0 saturated carbocycles. The van der Waals surface area contributed by atoms with E-state index in [0.29, 0.717) is 6.04 Å². The fourth-order valence-corrected chi connectivity index (χ4v) is 2.55. The fourth-order valence-electron chi connectivity index (χ4n) is 1.84. The smallest absolute Gasteiger partial charge is 0.0537 e. The van der Waals surface area contributed by atoms with Crippen molar-refractivity contribution in [3.05, 3.63) is 40.3 Å². The molecule has 0 radical (unpaired) electrons. The van der Waals surface area contributed by atoms with Crippen molar-refractivity contribution >= 4 is 11.3 Å². The summed E-state index contributed by atoms with van der Waals surface area (Å²) in [7, 11) is 3.96. The molecule has 0 fully saturated rings. The average Bonchev–Trinajstić information content (AvgIpc) is 2.91. The van der Waals surface area contributed by atoms with E-state index in [1.807, 2.05) is 25.0 Å². The van der Waals surface area contributed by atoms with Gasteiger partial charge in [0, 0.05) is 24.8 Å². The number of nitrogens with one attached hydrogen (secondary N) is 1. The molecule has 0 aliphatic carbocycles. The van der Waals surface area contributed by atoms with E-state index in [9.17, 15) is 0 Å². The van der Waals surface area contributed by atoms with Gasteiger partial charge in [-0.25, -0.2) is 0 Å². The lowest BCUT2D eigenvalue weighted by molar-refractivity contribution is 0.549. The molecule has 1 unspecified atom stereocenters. The standard InChI is InChI=1S/C12H17N3S/c1-13-12(11-7-14-15(2)8-11)4-3-10-5-6-16-9-10/h5-9,12-13H,3-4H2,1-2H3. The number of thiophene rings is 1. The van der Waals surface area contributed by atoms with E-state index in [1.165, 1.54) is 11.1 Å². The molecule has 2 rings (SSSR count). The molecule has 0 bridgehead atoms. The van der Waals surface area contributed by atoms with Gasteiger partial charge in [-0.05, 0) is 42.3 Å². The average molecular weight is 235 g/mol. The summed E-state index contributed by atoms with van der Waals surface area (Å²) < 4.78 is 1.85. The number of hydrogen-bond acceptors (Lipinski definition) is 3. The van der Waals surface area contributed by atoms with Crippen LogP contribution >= 0.6 is 11.3 Å². The molecule has 1 N–H and O–H groups in total. The first-order valence-corrected chi connectivity index (χ1v) is 6.41. The second-order valence-corrected chi connectivity index (χ2v) is 4.74. The van der Waals surface area contributed by atoms with Crippen molar-refractivity contribution in [3.63, 3.8) is 0 Å². The maximum atomic E-state index is 4.21. The quantitative estimate of drug-likeness (QED) is 0.862. The van der Waals surface area contributed by atoms with Crippen LogP contribution in [0.15, 0.2) is 29.2 Å². The van der Waals surface area contributed by atoms with Crippen LogP contribution in [0.5, 0.6) is 0 Å². The Morgan fingerprint density at radius 1 is 1.56 bits per heavy atom. The fraction of sp³-hybridized carbons (Fsp3) is 0.417. The SMILES string of the molecule is CNC(CCc1ccsc1)c1cnn(C)c1. The van der Waals surface area contributed by atoms with E-state index >= 15 is 0 Å². The molecule has 0 aliphatic heterocycles. The van der Waals surface area contributed by atoms with E-state index in [4.69, 9.17) is 0 Å². The number of aromatic nitrogens is 2. The van der Waals surface area contributed by atoms with Crippen LogP contribution in [-0.2, 0) is 13.5 Å². The minimum absolute atomic E-state index is 0.397. The third-order valence-corrected chi connectivity index (χ3v) is 3.51. The summed E-state index contributed by atoms with van der Waals surface area (Å²) in [4.78, 5) is 0. The van der Waals surface area contributed by atoms with Gasteiger partial charge >= 0.3 is 0 Å². The number of rotatable bonds is 5. The third-order valence-electron chi connectivity index (χ3n) is 2.78. The predicted molar refractivity (Wildman–Crippen MR) is 67.6 cm³/mol. The molecule has 4 heteroatoms. The van der Waals surface area contributed by atoms with Crippen LogP contribution in [0.4, 0.5) is 0 Å². The lowest BCUT2D eigenvalue weighted by Crippen LogP contribution is -2.16. The van der Waals surface area contributed by atoms with E-state index in [-0.39, 0.29) is 0 Å². The van der Waals surface area contributed by atoms with Crippen LogP contribution < -0.4 is 5.32 Å². The molecular formula is C12H17N3S. The molecular weight excluding hydrogens is 218 g/mol. The van der Waals surface area contributed by atoms with Crippen LogP contribution in [0.1, 0.15) is 23.6 Å². The largest absolute Gasteiger partial charge is 0.313 e. The normalized spacial score (nSPS) is 12.9. The van der Waals surface area contributed by atoms with Crippen molar-refractivity contribution in [2.75, 3.05) is 7.05 Å². The lowest BCUT2D eigenvalue weighted by atomic mass is 10.0. The first kappa shape index (κ1) is 11.4. The Kier molecular flexibility index (Phi) is 3.74. The van der Waals surface area contributed by atoms with E-state index in [0.717, 1.165) is 12.8 Å². The van der Waals surface area contributed by atoms with Gasteiger partial charge in [0.25, 0.3) is 0 Å². The third kappa shape index (κ3) is 2.71. The van der Waals surface area contributed by atoms with Crippen LogP contribution in [-0.4, -0.2) is 16.8 Å². The second kappa shape index (κ2) is 5.27. The van der Waals surface area contributed by atoms with Gasteiger partial charge in [0.1, 0.15) is 0 Å². The monoisotopic (exact) mass is 235 g/mol. The predicted octanol–water partition coefficient (Wildman–Crippen LogP) is 2.37. The maximum Gasteiger partial charge on any atom is 0.0537 e. The van der Waals surface area contributed by atoms with Crippen molar-refractivity contribution in [1.29, 1.82) is 0 Å². The maximum absolute atomic E-state index is 4.21. The van der Waals surface area contributed by atoms with Crippen molar-refractivity contribution in [2.24, 2.45) is 7.05 Å². The van der Waals surface area contributed by atoms with Crippen molar-refractivity contribution < 1.29 is 0 Å². The van der Waals surface area contributed by atoms with Gasteiger partial charge in [-0.15, -0.1) is 0 Å². The highest BCUT2D eigenvalue weighted by Crippen LogP contribution is 2.19. The highest BCUT2D eigenvalue weighted by molar-refractivity contribution is 7.07. The van der Waals surface area contributed by atoms with Crippen molar-refractivity contribution in [3.8, 4) is 0 Å². The van der Waals surface area contributed by atoms with Gasteiger partial charge in [-0.3, -0.25) is 4.68 Å². The lowest BCUT2D eigenvalue weighted by Gasteiger charge is -2.13. The summed E-state index contributed by atoms with van der Waals surface area (Å²) in [5.74, 6) is 0. The topological polar surface area (TPSA) is 29.9 Å². The molecule has 0 amide bonds. The van der Waals surface area contributed by atoms with Crippen molar-refractivity contribution in [2.45, 2.75) is 18.9 Å². The molecule has 3 nitrogen and oxygen atoms in total.